The van der Waals surface area contributed by atoms with Crippen molar-refractivity contribution in [1.29, 1.82) is 0 Å². The Balaban J connectivity index is 1.96. The zero-order valence-corrected chi connectivity index (χ0v) is 14.3. The molecule has 24 heavy (non-hydrogen) atoms. The van der Waals surface area contributed by atoms with E-state index in [4.69, 9.17) is 5.11 Å². The number of aliphatic hydroxyl groups excluding tert-OH is 1. The number of benzene rings is 1. The van der Waals surface area contributed by atoms with Crippen molar-refractivity contribution in [3.63, 3.8) is 0 Å². The largest absolute Gasteiger partial charge is 0.395 e. The highest BCUT2D eigenvalue weighted by atomic mass is 32.1. The van der Waals surface area contributed by atoms with Crippen LogP contribution in [0.3, 0.4) is 0 Å². The van der Waals surface area contributed by atoms with E-state index >= 15 is 0 Å². The number of aryl methyl sites for hydroxylation is 1. The summed E-state index contributed by atoms with van der Waals surface area (Å²) in [4.78, 5) is 20.1. The number of carbonyl (C=O) groups is 1. The van der Waals surface area contributed by atoms with Crippen molar-refractivity contribution >= 4 is 22.2 Å². The summed E-state index contributed by atoms with van der Waals surface area (Å²) in [6.45, 7) is 4.55. The van der Waals surface area contributed by atoms with Gasteiger partial charge in [0.2, 0.25) is 0 Å². The highest BCUT2D eigenvalue weighted by Crippen LogP contribution is 2.28. The summed E-state index contributed by atoms with van der Waals surface area (Å²) in [5, 5.41) is 9.08. The van der Waals surface area contributed by atoms with Crippen LogP contribution in [0.4, 0.5) is 4.39 Å². The number of rotatable bonds is 5. The Morgan fingerprint density at radius 2 is 2.08 bits per heavy atom. The number of hydrogen-bond donors (Lipinski definition) is 1. The fourth-order valence-electron chi connectivity index (χ4n) is 2.58. The molecule has 0 saturated carbocycles. The van der Waals surface area contributed by atoms with Crippen LogP contribution in [0.25, 0.3) is 16.2 Å². The normalized spacial score (nSPS) is 11.2. The molecule has 3 rings (SSSR count). The first-order valence-corrected chi connectivity index (χ1v) is 8.51. The lowest BCUT2D eigenvalue weighted by atomic mass is 10.2. The average molecular weight is 347 g/mol. The monoisotopic (exact) mass is 347 g/mol. The third kappa shape index (κ3) is 2.92. The summed E-state index contributed by atoms with van der Waals surface area (Å²) in [7, 11) is 0. The molecule has 0 atom stereocenters. The SMILES string of the molecule is CCN(CCO)C(=O)c1sc2nc(-c3ccc(F)cc3)cn2c1C. The fourth-order valence-corrected chi connectivity index (χ4v) is 3.65. The van der Waals surface area contributed by atoms with Crippen LogP contribution >= 0.6 is 11.3 Å². The average Bonchev–Trinajstić information content (AvgIpc) is 3.12. The second kappa shape index (κ2) is 6.70. The Morgan fingerprint density at radius 3 is 2.67 bits per heavy atom. The van der Waals surface area contributed by atoms with E-state index in [9.17, 15) is 9.18 Å². The molecule has 0 radical (unpaired) electrons. The number of fused-ring (bicyclic) bond motifs is 1. The number of halogens is 1. The van der Waals surface area contributed by atoms with Gasteiger partial charge in [-0.05, 0) is 38.1 Å². The van der Waals surface area contributed by atoms with Crippen molar-refractivity contribution in [3.8, 4) is 11.3 Å². The molecule has 1 N–H and O–H groups in total. The van der Waals surface area contributed by atoms with Crippen LogP contribution in [-0.4, -0.2) is 45.0 Å². The van der Waals surface area contributed by atoms with Crippen LogP contribution in [0.5, 0.6) is 0 Å². The molecule has 5 nitrogen and oxygen atoms in total. The second-order valence-corrected chi connectivity index (χ2v) is 6.39. The summed E-state index contributed by atoms with van der Waals surface area (Å²) in [5.41, 5.74) is 2.39. The minimum absolute atomic E-state index is 0.0597. The molecule has 3 aromatic rings. The van der Waals surface area contributed by atoms with Gasteiger partial charge in [0.25, 0.3) is 5.91 Å². The van der Waals surface area contributed by atoms with E-state index in [0.29, 0.717) is 18.0 Å². The van der Waals surface area contributed by atoms with Gasteiger partial charge in [-0.3, -0.25) is 9.20 Å². The van der Waals surface area contributed by atoms with Crippen molar-refractivity contribution in [2.24, 2.45) is 0 Å². The lowest BCUT2D eigenvalue weighted by molar-refractivity contribution is 0.0735. The van der Waals surface area contributed by atoms with Gasteiger partial charge in [-0.2, -0.15) is 0 Å². The maximum atomic E-state index is 13.0. The van der Waals surface area contributed by atoms with Gasteiger partial charge in [-0.25, -0.2) is 9.37 Å². The second-order valence-electron chi connectivity index (χ2n) is 5.41. The van der Waals surface area contributed by atoms with Crippen molar-refractivity contribution in [2.75, 3.05) is 19.7 Å². The standard InChI is InChI=1S/C17H18FN3O2S/c1-3-20(8-9-22)16(23)15-11(2)21-10-14(19-17(21)24-15)12-4-6-13(18)7-5-12/h4-7,10,22H,3,8-9H2,1-2H3. The van der Waals surface area contributed by atoms with Crippen molar-refractivity contribution in [2.45, 2.75) is 13.8 Å². The van der Waals surface area contributed by atoms with Crippen molar-refractivity contribution in [3.05, 3.63) is 46.9 Å². The molecule has 1 aromatic carbocycles. The van der Waals surface area contributed by atoms with Crippen LogP contribution in [0, 0.1) is 12.7 Å². The first-order valence-electron chi connectivity index (χ1n) is 7.69. The van der Waals surface area contributed by atoms with E-state index < -0.39 is 0 Å². The quantitative estimate of drug-likeness (QED) is 0.772. The van der Waals surface area contributed by atoms with E-state index in [2.05, 4.69) is 4.98 Å². The van der Waals surface area contributed by atoms with Crippen LogP contribution in [0.2, 0.25) is 0 Å². The zero-order chi connectivity index (χ0) is 17.3. The summed E-state index contributed by atoms with van der Waals surface area (Å²) in [6.07, 6.45) is 1.85. The van der Waals surface area contributed by atoms with Crippen molar-refractivity contribution < 1.29 is 14.3 Å². The van der Waals surface area contributed by atoms with E-state index in [-0.39, 0.29) is 18.3 Å². The highest BCUT2D eigenvalue weighted by molar-refractivity contribution is 7.19. The first kappa shape index (κ1) is 16.6. The number of carbonyl (C=O) groups excluding carboxylic acids is 1. The van der Waals surface area contributed by atoms with Crippen molar-refractivity contribution in [1.82, 2.24) is 14.3 Å². The highest BCUT2D eigenvalue weighted by Gasteiger charge is 2.21. The van der Waals surface area contributed by atoms with Gasteiger partial charge in [-0.1, -0.05) is 11.3 Å². The predicted octanol–water partition coefficient (Wildman–Crippen LogP) is 2.96. The summed E-state index contributed by atoms with van der Waals surface area (Å²) in [6, 6.07) is 6.17. The predicted molar refractivity (Wildman–Crippen MR) is 91.9 cm³/mol. The van der Waals surface area contributed by atoms with Gasteiger partial charge in [-0.15, -0.1) is 0 Å². The van der Waals surface area contributed by atoms with Crippen LogP contribution in [-0.2, 0) is 0 Å². The molecule has 0 aliphatic carbocycles. The van der Waals surface area contributed by atoms with Gasteiger partial charge in [0, 0.05) is 30.5 Å². The maximum Gasteiger partial charge on any atom is 0.265 e. The van der Waals surface area contributed by atoms with Crippen LogP contribution < -0.4 is 0 Å². The third-order valence-corrected chi connectivity index (χ3v) is 5.07. The topological polar surface area (TPSA) is 57.8 Å². The number of imidazole rings is 1. The molecule has 0 spiro atoms. The molecule has 1 amide bonds. The van der Waals surface area contributed by atoms with E-state index in [1.807, 2.05) is 24.4 Å². The molecular formula is C17H18FN3O2S. The summed E-state index contributed by atoms with van der Waals surface area (Å²) in [5.74, 6) is -0.379. The Morgan fingerprint density at radius 1 is 1.38 bits per heavy atom. The number of aromatic nitrogens is 2. The molecule has 126 valence electrons. The molecule has 2 aromatic heterocycles. The molecule has 7 heteroatoms. The molecular weight excluding hydrogens is 329 g/mol. The van der Waals surface area contributed by atoms with Gasteiger partial charge in [0.15, 0.2) is 4.96 Å². The number of amides is 1. The maximum absolute atomic E-state index is 13.0. The third-order valence-electron chi connectivity index (χ3n) is 3.93. The minimum atomic E-state index is -0.285. The smallest absolute Gasteiger partial charge is 0.265 e. The summed E-state index contributed by atoms with van der Waals surface area (Å²) < 4.78 is 14.9. The minimum Gasteiger partial charge on any atom is -0.395 e. The van der Waals surface area contributed by atoms with Crippen LogP contribution in [0.1, 0.15) is 22.3 Å². The Hall–Kier alpha value is -2.25. The lowest BCUT2D eigenvalue weighted by Gasteiger charge is -2.18. The first-order chi connectivity index (χ1) is 11.5. The van der Waals surface area contributed by atoms with E-state index in [1.54, 1.807) is 17.0 Å². The van der Waals surface area contributed by atoms with Crippen LogP contribution in [0.15, 0.2) is 30.5 Å². The zero-order valence-electron chi connectivity index (χ0n) is 13.5. The molecule has 0 fully saturated rings. The molecule has 0 aliphatic rings. The lowest BCUT2D eigenvalue weighted by Crippen LogP contribution is -2.33. The fraction of sp³-hybridized carbons (Fsp3) is 0.294. The molecule has 2 heterocycles. The molecule has 0 unspecified atom stereocenters. The molecule has 0 bridgehead atoms. The number of hydrogen-bond acceptors (Lipinski definition) is 4. The van der Waals surface area contributed by atoms with Gasteiger partial charge in [0.1, 0.15) is 10.7 Å². The Labute approximate surface area is 143 Å². The Kier molecular flexibility index (Phi) is 4.64. The number of likely N-dealkylation sites (N-methyl/N-ethyl adjacent to an activating group) is 1. The van der Waals surface area contributed by atoms with Gasteiger partial charge >= 0.3 is 0 Å². The Bertz CT molecular complexity index is 870. The molecule has 0 aliphatic heterocycles. The van der Waals surface area contributed by atoms with Gasteiger partial charge < -0.3 is 10.0 Å². The van der Waals surface area contributed by atoms with E-state index in [0.717, 1.165) is 21.9 Å². The summed E-state index contributed by atoms with van der Waals surface area (Å²) >= 11 is 1.33. The number of thiazole rings is 1. The number of aliphatic hydroxyl groups is 1. The van der Waals surface area contributed by atoms with E-state index in [1.165, 1.54) is 23.5 Å². The van der Waals surface area contributed by atoms with Gasteiger partial charge in [0.05, 0.1) is 12.3 Å². The molecule has 0 saturated heterocycles. The number of nitrogens with zero attached hydrogens (tertiary/aromatic N) is 3.